The molecule has 5 rings (SSSR count). The first-order chi connectivity index (χ1) is 14.3. The van der Waals surface area contributed by atoms with Gasteiger partial charge in [0, 0.05) is 28.2 Å². The van der Waals surface area contributed by atoms with Crippen LogP contribution in [0.4, 0.5) is 10.3 Å². The Hall–Kier alpha value is -3.93. The van der Waals surface area contributed by atoms with Gasteiger partial charge in [-0.2, -0.15) is 5.10 Å². The summed E-state index contributed by atoms with van der Waals surface area (Å²) in [5, 5.41) is 5.39. The number of imidazole rings is 1. The van der Waals surface area contributed by atoms with E-state index in [1.807, 2.05) is 65.4 Å². The number of aromatic amines is 1. The summed E-state index contributed by atoms with van der Waals surface area (Å²) in [6, 6.07) is 22.7. The Labute approximate surface area is 166 Å². The van der Waals surface area contributed by atoms with Crippen molar-refractivity contribution in [1.82, 2.24) is 14.5 Å². The van der Waals surface area contributed by atoms with Gasteiger partial charge < -0.3 is 9.55 Å². The highest BCUT2D eigenvalue weighted by atomic mass is 19.1. The van der Waals surface area contributed by atoms with E-state index in [1.54, 1.807) is 18.3 Å². The van der Waals surface area contributed by atoms with E-state index in [-0.39, 0.29) is 5.82 Å². The standard InChI is InChI=1S/C23H18FN5/c24-19-9-3-1-7-16(19)14-29-15-17(18-8-2-6-12-22(18)29)13-25-28-23-26-20-10-4-5-11-21(20)27-23/h1-13,15H,14H2,(H2,26,27,28)/b25-13-. The number of nitrogens with one attached hydrogen (secondary N) is 2. The molecule has 0 saturated heterocycles. The summed E-state index contributed by atoms with van der Waals surface area (Å²) in [6.07, 6.45) is 3.74. The number of fused-ring (bicyclic) bond motifs is 2. The lowest BCUT2D eigenvalue weighted by atomic mass is 10.2. The number of H-pyrrole nitrogens is 1. The van der Waals surface area contributed by atoms with Gasteiger partial charge in [-0.25, -0.2) is 14.8 Å². The normalized spacial score (nSPS) is 11.6. The van der Waals surface area contributed by atoms with Gasteiger partial charge in [0.15, 0.2) is 0 Å². The van der Waals surface area contributed by atoms with E-state index in [2.05, 4.69) is 20.5 Å². The molecule has 0 aliphatic carbocycles. The van der Waals surface area contributed by atoms with E-state index in [4.69, 9.17) is 0 Å². The van der Waals surface area contributed by atoms with Crippen LogP contribution in [0.2, 0.25) is 0 Å². The minimum atomic E-state index is -0.202. The zero-order valence-corrected chi connectivity index (χ0v) is 15.5. The van der Waals surface area contributed by atoms with Crippen molar-refractivity contribution in [3.8, 4) is 0 Å². The van der Waals surface area contributed by atoms with E-state index in [9.17, 15) is 4.39 Å². The topological polar surface area (TPSA) is 58.0 Å². The van der Waals surface area contributed by atoms with Gasteiger partial charge in [0.1, 0.15) is 5.82 Å². The Balaban J connectivity index is 1.44. The Morgan fingerprint density at radius 2 is 1.79 bits per heavy atom. The zero-order valence-electron chi connectivity index (χ0n) is 15.5. The first-order valence-corrected chi connectivity index (χ1v) is 9.33. The largest absolute Gasteiger partial charge is 0.342 e. The number of aromatic nitrogens is 3. The van der Waals surface area contributed by atoms with Crippen molar-refractivity contribution >= 4 is 34.1 Å². The molecular formula is C23H18FN5. The molecule has 0 saturated carbocycles. The minimum Gasteiger partial charge on any atom is -0.342 e. The maximum absolute atomic E-state index is 14.1. The van der Waals surface area contributed by atoms with Gasteiger partial charge in [-0.05, 0) is 24.3 Å². The molecule has 0 aliphatic heterocycles. The third kappa shape index (κ3) is 3.36. The molecule has 5 nitrogen and oxygen atoms in total. The number of benzene rings is 3. The summed E-state index contributed by atoms with van der Waals surface area (Å²) in [4.78, 5) is 7.63. The molecule has 0 bridgehead atoms. The second-order valence-electron chi connectivity index (χ2n) is 6.79. The zero-order chi connectivity index (χ0) is 19.6. The molecule has 0 fully saturated rings. The number of para-hydroxylation sites is 3. The van der Waals surface area contributed by atoms with Crippen LogP contribution in [0.3, 0.4) is 0 Å². The number of nitrogens with zero attached hydrogens (tertiary/aromatic N) is 3. The molecule has 5 aromatic rings. The average molecular weight is 383 g/mol. The fourth-order valence-electron chi connectivity index (χ4n) is 3.49. The summed E-state index contributed by atoms with van der Waals surface area (Å²) in [5.41, 5.74) is 7.40. The minimum absolute atomic E-state index is 0.202. The van der Waals surface area contributed by atoms with Crippen LogP contribution in [0.25, 0.3) is 21.9 Å². The molecule has 2 heterocycles. The molecular weight excluding hydrogens is 365 g/mol. The molecule has 0 unspecified atom stereocenters. The van der Waals surface area contributed by atoms with Crippen LogP contribution in [0.15, 0.2) is 84.1 Å². The summed E-state index contributed by atoms with van der Waals surface area (Å²) in [5.74, 6) is 0.379. The van der Waals surface area contributed by atoms with Crippen LogP contribution in [0.1, 0.15) is 11.1 Å². The van der Waals surface area contributed by atoms with Crippen molar-refractivity contribution in [3.63, 3.8) is 0 Å². The third-order valence-electron chi connectivity index (χ3n) is 4.88. The van der Waals surface area contributed by atoms with E-state index >= 15 is 0 Å². The Morgan fingerprint density at radius 3 is 2.69 bits per heavy atom. The van der Waals surface area contributed by atoms with Crippen molar-refractivity contribution in [2.45, 2.75) is 6.54 Å². The van der Waals surface area contributed by atoms with Crippen LogP contribution in [-0.2, 0) is 6.54 Å². The summed E-state index contributed by atoms with van der Waals surface area (Å²) < 4.78 is 16.1. The first-order valence-electron chi connectivity index (χ1n) is 9.33. The van der Waals surface area contributed by atoms with Gasteiger partial charge in [0.05, 0.1) is 23.8 Å². The number of anilines is 1. The highest BCUT2D eigenvalue weighted by Gasteiger charge is 2.09. The third-order valence-corrected chi connectivity index (χ3v) is 4.88. The number of hydrazone groups is 1. The van der Waals surface area contributed by atoms with Gasteiger partial charge >= 0.3 is 0 Å². The summed E-state index contributed by atoms with van der Waals surface area (Å²) in [6.45, 7) is 0.456. The van der Waals surface area contributed by atoms with Crippen LogP contribution in [0, 0.1) is 5.82 Å². The van der Waals surface area contributed by atoms with Crippen LogP contribution >= 0.6 is 0 Å². The van der Waals surface area contributed by atoms with Crippen molar-refractivity contribution in [3.05, 3.63) is 95.9 Å². The molecule has 2 aromatic heterocycles. The fourth-order valence-corrected chi connectivity index (χ4v) is 3.49. The van der Waals surface area contributed by atoms with Crippen molar-refractivity contribution in [2.75, 3.05) is 5.43 Å². The van der Waals surface area contributed by atoms with Crippen LogP contribution in [0.5, 0.6) is 0 Å². The van der Waals surface area contributed by atoms with Crippen LogP contribution < -0.4 is 5.43 Å². The highest BCUT2D eigenvalue weighted by Crippen LogP contribution is 2.22. The maximum Gasteiger partial charge on any atom is 0.222 e. The number of rotatable bonds is 5. The quantitative estimate of drug-likeness (QED) is 0.326. The van der Waals surface area contributed by atoms with Gasteiger partial charge in [0.2, 0.25) is 5.95 Å². The smallest absolute Gasteiger partial charge is 0.222 e. The molecule has 6 heteroatoms. The molecule has 2 N–H and O–H groups in total. The number of hydrogen-bond donors (Lipinski definition) is 2. The van der Waals surface area contributed by atoms with Crippen molar-refractivity contribution in [1.29, 1.82) is 0 Å². The molecule has 29 heavy (non-hydrogen) atoms. The molecule has 0 spiro atoms. The number of hydrogen-bond acceptors (Lipinski definition) is 3. The molecule has 0 amide bonds. The Morgan fingerprint density at radius 1 is 1.00 bits per heavy atom. The van der Waals surface area contributed by atoms with Gasteiger partial charge in [0.25, 0.3) is 0 Å². The van der Waals surface area contributed by atoms with E-state index in [0.717, 1.165) is 27.5 Å². The average Bonchev–Trinajstić information content (AvgIpc) is 3.31. The first kappa shape index (κ1) is 17.2. The van der Waals surface area contributed by atoms with Crippen molar-refractivity contribution in [2.24, 2.45) is 5.10 Å². The summed E-state index contributed by atoms with van der Waals surface area (Å²) in [7, 11) is 0. The van der Waals surface area contributed by atoms with Crippen LogP contribution in [-0.4, -0.2) is 20.7 Å². The predicted octanol–water partition coefficient (Wildman–Crippen LogP) is 5.15. The lowest BCUT2D eigenvalue weighted by molar-refractivity contribution is 0.602. The number of halogens is 1. The van der Waals surface area contributed by atoms with Gasteiger partial charge in [-0.1, -0.05) is 48.5 Å². The van der Waals surface area contributed by atoms with Gasteiger partial charge in [-0.3, -0.25) is 0 Å². The molecule has 142 valence electrons. The second-order valence-corrected chi connectivity index (χ2v) is 6.79. The Kier molecular flexibility index (Phi) is 4.29. The van der Waals surface area contributed by atoms with E-state index in [0.29, 0.717) is 18.1 Å². The van der Waals surface area contributed by atoms with E-state index < -0.39 is 0 Å². The lowest BCUT2D eigenvalue weighted by Gasteiger charge is -2.06. The SMILES string of the molecule is Fc1ccccc1Cn1cc(/C=N\Nc2nc3ccccc3[nH]2)c2ccccc21. The van der Waals surface area contributed by atoms with Gasteiger partial charge in [-0.15, -0.1) is 0 Å². The van der Waals surface area contributed by atoms with Crippen molar-refractivity contribution < 1.29 is 4.39 Å². The predicted molar refractivity (Wildman–Crippen MR) is 115 cm³/mol. The summed E-state index contributed by atoms with van der Waals surface area (Å²) >= 11 is 0. The fraction of sp³-hybridized carbons (Fsp3) is 0.0435. The lowest BCUT2D eigenvalue weighted by Crippen LogP contribution is -2.00. The second kappa shape index (κ2) is 7.24. The maximum atomic E-state index is 14.1. The van der Waals surface area contributed by atoms with E-state index in [1.165, 1.54) is 6.07 Å². The highest BCUT2D eigenvalue weighted by molar-refractivity contribution is 5.99. The molecule has 0 atom stereocenters. The Bertz CT molecular complexity index is 1300. The molecule has 0 radical (unpaired) electrons. The molecule has 0 aliphatic rings. The molecule has 3 aromatic carbocycles. The monoisotopic (exact) mass is 383 g/mol.